The van der Waals surface area contributed by atoms with Gasteiger partial charge in [0.1, 0.15) is 22.9 Å². The van der Waals surface area contributed by atoms with Crippen LogP contribution in [-0.2, 0) is 9.53 Å². The van der Waals surface area contributed by atoms with Gasteiger partial charge < -0.3 is 19.5 Å². The number of benzene rings is 2. The van der Waals surface area contributed by atoms with Crippen molar-refractivity contribution in [3.05, 3.63) is 57.9 Å². The lowest BCUT2D eigenvalue weighted by Crippen LogP contribution is -2.21. The van der Waals surface area contributed by atoms with E-state index in [1.165, 1.54) is 32.4 Å². The van der Waals surface area contributed by atoms with Crippen LogP contribution >= 0.6 is 0 Å². The molecule has 0 aliphatic rings. The number of halogens is 1. The zero-order chi connectivity index (χ0) is 20.0. The molecule has 0 saturated heterocycles. The maximum atomic E-state index is 13.7. The van der Waals surface area contributed by atoms with Crippen LogP contribution in [0.4, 0.5) is 15.8 Å². The molecule has 0 saturated carbocycles. The predicted octanol–water partition coefficient (Wildman–Crippen LogP) is 2.55. The third-order valence-electron chi connectivity index (χ3n) is 3.40. The van der Waals surface area contributed by atoms with Gasteiger partial charge in [-0.05, 0) is 18.2 Å². The molecular formula is C17H15FN2O7. The smallest absolute Gasteiger partial charge is 0.342 e. The number of nitrogens with zero attached hydrogens (tertiary/aromatic N) is 1. The Morgan fingerprint density at radius 3 is 2.52 bits per heavy atom. The molecule has 27 heavy (non-hydrogen) atoms. The Morgan fingerprint density at radius 2 is 1.89 bits per heavy atom. The number of nitrogens with one attached hydrogen (secondary N) is 1. The molecule has 0 spiro atoms. The number of amides is 1. The van der Waals surface area contributed by atoms with Crippen LogP contribution < -0.4 is 14.8 Å². The van der Waals surface area contributed by atoms with Crippen LogP contribution in [0.15, 0.2) is 36.4 Å². The van der Waals surface area contributed by atoms with Crippen molar-refractivity contribution in [1.29, 1.82) is 0 Å². The molecule has 142 valence electrons. The first-order chi connectivity index (χ1) is 12.8. The van der Waals surface area contributed by atoms with E-state index in [1.807, 2.05) is 0 Å². The molecule has 1 amide bonds. The molecule has 0 aromatic heterocycles. The molecule has 0 radical (unpaired) electrons. The summed E-state index contributed by atoms with van der Waals surface area (Å²) in [5.74, 6) is -1.93. The number of rotatable bonds is 7. The maximum absolute atomic E-state index is 13.7. The van der Waals surface area contributed by atoms with Crippen LogP contribution in [0.25, 0.3) is 0 Å². The van der Waals surface area contributed by atoms with Crippen molar-refractivity contribution in [1.82, 2.24) is 0 Å². The predicted molar refractivity (Wildman–Crippen MR) is 91.5 cm³/mol. The maximum Gasteiger partial charge on any atom is 0.342 e. The van der Waals surface area contributed by atoms with Crippen molar-refractivity contribution >= 4 is 23.3 Å². The number of hydrogen-bond donors (Lipinski definition) is 1. The van der Waals surface area contributed by atoms with E-state index in [0.29, 0.717) is 5.75 Å². The first-order valence-corrected chi connectivity index (χ1v) is 7.48. The van der Waals surface area contributed by atoms with Gasteiger partial charge in [-0.2, -0.15) is 0 Å². The average Bonchev–Trinajstić information content (AvgIpc) is 2.67. The van der Waals surface area contributed by atoms with E-state index >= 15 is 0 Å². The minimum atomic E-state index is -0.866. The molecule has 0 unspecified atom stereocenters. The minimum absolute atomic E-state index is 0.0626. The lowest BCUT2D eigenvalue weighted by molar-refractivity contribution is -0.384. The number of nitro benzene ring substituents is 1. The van der Waals surface area contributed by atoms with Crippen molar-refractivity contribution < 1.29 is 33.1 Å². The van der Waals surface area contributed by atoms with Gasteiger partial charge in [0.25, 0.3) is 11.6 Å². The lowest BCUT2D eigenvalue weighted by Gasteiger charge is -2.10. The highest BCUT2D eigenvalue weighted by atomic mass is 19.1. The summed E-state index contributed by atoms with van der Waals surface area (Å²) in [4.78, 5) is 33.9. The number of methoxy groups -OCH3 is 2. The van der Waals surface area contributed by atoms with Crippen LogP contribution in [0, 0.1) is 15.9 Å². The standard InChI is InChI=1S/C17H15FN2O7/c1-25-11-4-5-12(15(8-11)26-2)17(22)27-9-16(21)19-14-7-10(20(23)24)3-6-13(14)18/h3-8H,9H2,1-2H3,(H,19,21). The van der Waals surface area contributed by atoms with Gasteiger partial charge in [0.2, 0.25) is 0 Å². The van der Waals surface area contributed by atoms with Gasteiger partial charge >= 0.3 is 5.97 Å². The second kappa shape index (κ2) is 8.61. The fourth-order valence-electron chi connectivity index (χ4n) is 2.08. The summed E-state index contributed by atoms with van der Waals surface area (Å²) < 4.78 is 28.6. The van der Waals surface area contributed by atoms with Crippen molar-refractivity contribution in [2.75, 3.05) is 26.1 Å². The van der Waals surface area contributed by atoms with E-state index in [9.17, 15) is 24.1 Å². The van der Waals surface area contributed by atoms with Gasteiger partial charge in [-0.1, -0.05) is 0 Å². The first-order valence-electron chi connectivity index (χ1n) is 7.48. The number of carbonyl (C=O) groups is 2. The molecule has 0 heterocycles. The summed E-state index contributed by atoms with van der Waals surface area (Å²) in [6.07, 6.45) is 0. The summed E-state index contributed by atoms with van der Waals surface area (Å²) in [7, 11) is 2.80. The van der Waals surface area contributed by atoms with Gasteiger partial charge in [-0.25, -0.2) is 9.18 Å². The van der Waals surface area contributed by atoms with Gasteiger partial charge in [-0.3, -0.25) is 14.9 Å². The SMILES string of the molecule is COc1ccc(C(=O)OCC(=O)Nc2cc([N+](=O)[O-])ccc2F)c(OC)c1. The molecule has 0 aliphatic carbocycles. The first kappa shape index (κ1) is 19.6. The lowest BCUT2D eigenvalue weighted by atomic mass is 10.2. The topological polar surface area (TPSA) is 117 Å². The van der Waals surface area contributed by atoms with Crippen LogP contribution in [0.3, 0.4) is 0 Å². The zero-order valence-corrected chi connectivity index (χ0v) is 14.4. The molecule has 10 heteroatoms. The van der Waals surface area contributed by atoms with E-state index in [-0.39, 0.29) is 11.3 Å². The van der Waals surface area contributed by atoms with Gasteiger partial charge in [0.15, 0.2) is 6.61 Å². The van der Waals surface area contributed by atoms with Crippen LogP contribution in [0.5, 0.6) is 11.5 Å². The second-order valence-corrected chi connectivity index (χ2v) is 5.11. The Kier molecular flexibility index (Phi) is 6.26. The molecule has 0 aliphatic heterocycles. The highest BCUT2D eigenvalue weighted by Gasteiger charge is 2.18. The Hall–Kier alpha value is -3.69. The van der Waals surface area contributed by atoms with Gasteiger partial charge in [0.05, 0.1) is 24.8 Å². The highest BCUT2D eigenvalue weighted by molar-refractivity contribution is 5.97. The van der Waals surface area contributed by atoms with Crippen LogP contribution in [0.1, 0.15) is 10.4 Å². The number of nitro groups is 1. The molecule has 0 bridgehead atoms. The Bertz CT molecular complexity index is 886. The van der Waals surface area contributed by atoms with E-state index in [1.54, 1.807) is 0 Å². The van der Waals surface area contributed by atoms with Crippen LogP contribution in [0.2, 0.25) is 0 Å². The molecule has 2 rings (SSSR count). The summed E-state index contributed by atoms with van der Waals surface area (Å²) in [5, 5.41) is 12.8. The number of non-ortho nitro benzene ring substituents is 1. The largest absolute Gasteiger partial charge is 0.497 e. The molecule has 2 aromatic carbocycles. The quantitative estimate of drug-likeness (QED) is 0.447. The normalized spacial score (nSPS) is 10.0. The number of ether oxygens (including phenoxy) is 3. The number of carbonyl (C=O) groups excluding carboxylic acids is 2. The summed E-state index contributed by atoms with van der Waals surface area (Å²) in [6, 6.07) is 7.05. The molecule has 2 aromatic rings. The zero-order valence-electron chi connectivity index (χ0n) is 14.4. The molecular weight excluding hydrogens is 363 g/mol. The van der Waals surface area contributed by atoms with Crippen LogP contribution in [-0.4, -0.2) is 37.6 Å². The molecule has 0 fully saturated rings. The van der Waals surface area contributed by atoms with E-state index in [2.05, 4.69) is 5.32 Å². The number of anilines is 1. The van der Waals surface area contributed by atoms with Crippen molar-refractivity contribution in [3.8, 4) is 11.5 Å². The van der Waals surface area contributed by atoms with Gasteiger partial charge in [-0.15, -0.1) is 0 Å². The average molecular weight is 378 g/mol. The molecule has 0 atom stereocenters. The minimum Gasteiger partial charge on any atom is -0.497 e. The van der Waals surface area contributed by atoms with Gasteiger partial charge in [0, 0.05) is 18.2 Å². The third-order valence-corrected chi connectivity index (χ3v) is 3.40. The van der Waals surface area contributed by atoms with E-state index in [4.69, 9.17) is 14.2 Å². The number of esters is 1. The summed E-state index contributed by atoms with van der Waals surface area (Å²) in [5.41, 5.74) is -0.730. The Labute approximate surface area is 152 Å². The third kappa shape index (κ3) is 4.91. The van der Waals surface area contributed by atoms with E-state index in [0.717, 1.165) is 18.2 Å². The summed E-state index contributed by atoms with van der Waals surface area (Å²) in [6.45, 7) is -0.726. The summed E-state index contributed by atoms with van der Waals surface area (Å²) >= 11 is 0. The molecule has 1 N–H and O–H groups in total. The van der Waals surface area contributed by atoms with Crippen molar-refractivity contribution in [2.45, 2.75) is 0 Å². The fourth-order valence-corrected chi connectivity index (χ4v) is 2.08. The van der Waals surface area contributed by atoms with E-state index < -0.39 is 40.6 Å². The molecule has 9 nitrogen and oxygen atoms in total. The second-order valence-electron chi connectivity index (χ2n) is 5.11. The fraction of sp³-hybridized carbons (Fsp3) is 0.176. The highest BCUT2D eigenvalue weighted by Crippen LogP contribution is 2.25. The monoisotopic (exact) mass is 378 g/mol. The van der Waals surface area contributed by atoms with Crippen molar-refractivity contribution in [2.24, 2.45) is 0 Å². The Balaban J connectivity index is 2.03. The number of hydrogen-bond acceptors (Lipinski definition) is 7. The van der Waals surface area contributed by atoms with Crippen molar-refractivity contribution in [3.63, 3.8) is 0 Å². The Morgan fingerprint density at radius 1 is 1.15 bits per heavy atom.